The maximum atomic E-state index is 11.3. The van der Waals surface area contributed by atoms with Gasteiger partial charge in [-0.3, -0.25) is 9.35 Å². The molecular formula is C10H9NO4S. The Kier molecular flexibility index (Phi) is 3.66. The van der Waals surface area contributed by atoms with E-state index in [1.54, 1.807) is 0 Å². The molecule has 5 nitrogen and oxygen atoms in total. The minimum Gasteiger partial charge on any atom is -0.341 e. The van der Waals surface area contributed by atoms with Gasteiger partial charge in [-0.15, -0.1) is 6.42 Å². The predicted molar refractivity (Wildman–Crippen MR) is 57.4 cm³/mol. The van der Waals surface area contributed by atoms with Gasteiger partial charge in [0.15, 0.2) is 0 Å². The van der Waals surface area contributed by atoms with Crippen molar-refractivity contribution >= 4 is 16.0 Å². The molecule has 2 N–H and O–H groups in total. The second-order valence-electron chi connectivity index (χ2n) is 2.89. The number of nitrogens with one attached hydrogen (secondary N) is 1. The molecular weight excluding hydrogens is 230 g/mol. The highest BCUT2D eigenvalue weighted by Crippen LogP contribution is 2.09. The molecule has 0 aliphatic rings. The molecule has 0 saturated heterocycles. The Labute approximate surface area is 93.2 Å². The summed E-state index contributed by atoms with van der Waals surface area (Å²) in [6, 6.07) is 4.85. The molecule has 0 unspecified atom stereocenters. The van der Waals surface area contributed by atoms with Crippen LogP contribution in [-0.4, -0.2) is 25.4 Å². The summed E-state index contributed by atoms with van der Waals surface area (Å²) in [6.07, 6.45) is 4.96. The van der Waals surface area contributed by atoms with Crippen molar-refractivity contribution in [3.05, 3.63) is 29.8 Å². The first-order valence-electron chi connectivity index (χ1n) is 4.24. The molecule has 6 heteroatoms. The number of carbonyl (C=O) groups excluding carboxylic acids is 1. The van der Waals surface area contributed by atoms with Crippen molar-refractivity contribution < 1.29 is 17.8 Å². The summed E-state index contributed by atoms with van der Waals surface area (Å²) in [6.45, 7) is 0.0961. The molecule has 1 aromatic rings. The van der Waals surface area contributed by atoms with E-state index in [0.717, 1.165) is 12.1 Å². The van der Waals surface area contributed by atoms with Crippen LogP contribution in [0.15, 0.2) is 29.2 Å². The number of benzene rings is 1. The van der Waals surface area contributed by atoms with E-state index in [2.05, 4.69) is 11.2 Å². The Balaban J connectivity index is 2.88. The molecule has 0 atom stereocenters. The number of hydrogen-bond donors (Lipinski definition) is 2. The van der Waals surface area contributed by atoms with Crippen molar-refractivity contribution in [3.63, 3.8) is 0 Å². The lowest BCUT2D eigenvalue weighted by Gasteiger charge is -2.02. The van der Waals surface area contributed by atoms with E-state index in [0.29, 0.717) is 0 Å². The fraction of sp³-hybridized carbons (Fsp3) is 0.100. The van der Waals surface area contributed by atoms with Crippen LogP contribution in [0.25, 0.3) is 0 Å². The van der Waals surface area contributed by atoms with Crippen molar-refractivity contribution in [2.45, 2.75) is 4.90 Å². The Morgan fingerprint density at radius 1 is 1.38 bits per heavy atom. The molecule has 0 aliphatic carbocycles. The minimum atomic E-state index is -4.23. The zero-order valence-corrected chi connectivity index (χ0v) is 8.99. The van der Waals surface area contributed by atoms with Gasteiger partial charge < -0.3 is 5.32 Å². The molecule has 1 aromatic carbocycles. The quantitative estimate of drug-likeness (QED) is 0.587. The lowest BCUT2D eigenvalue weighted by molar-refractivity contribution is 0.0958. The van der Waals surface area contributed by atoms with Crippen molar-refractivity contribution in [1.82, 2.24) is 5.32 Å². The van der Waals surface area contributed by atoms with Gasteiger partial charge in [0.2, 0.25) is 0 Å². The zero-order chi connectivity index (χ0) is 12.2. The van der Waals surface area contributed by atoms with E-state index in [1.807, 2.05) is 0 Å². The van der Waals surface area contributed by atoms with E-state index >= 15 is 0 Å². The highest BCUT2D eigenvalue weighted by molar-refractivity contribution is 7.85. The van der Waals surface area contributed by atoms with Crippen LogP contribution in [0.3, 0.4) is 0 Å². The largest absolute Gasteiger partial charge is 0.341 e. The van der Waals surface area contributed by atoms with Crippen molar-refractivity contribution in [2.24, 2.45) is 0 Å². The van der Waals surface area contributed by atoms with Crippen LogP contribution >= 0.6 is 0 Å². The molecule has 1 rings (SSSR count). The van der Waals surface area contributed by atoms with Crippen molar-refractivity contribution in [3.8, 4) is 12.3 Å². The molecule has 1 amide bonds. The molecule has 0 saturated carbocycles. The standard InChI is InChI=1S/C10H9NO4S/c1-2-7-11-10(12)8-3-5-9(6-4-8)16(13,14)15/h1,3-6H,7H2,(H,11,12)(H,13,14,15). The molecule has 0 spiro atoms. The maximum absolute atomic E-state index is 11.3. The summed E-state index contributed by atoms with van der Waals surface area (Å²) in [5.74, 6) is 1.83. The Morgan fingerprint density at radius 2 is 1.94 bits per heavy atom. The van der Waals surface area contributed by atoms with Gasteiger partial charge in [0.05, 0.1) is 11.4 Å². The van der Waals surface area contributed by atoms with Gasteiger partial charge in [-0.25, -0.2) is 0 Å². The van der Waals surface area contributed by atoms with Gasteiger partial charge in [-0.1, -0.05) is 5.92 Å². The van der Waals surface area contributed by atoms with Crippen LogP contribution < -0.4 is 5.32 Å². The average Bonchev–Trinajstić information content (AvgIpc) is 2.25. The number of terminal acetylenes is 1. The van der Waals surface area contributed by atoms with E-state index in [9.17, 15) is 13.2 Å². The lowest BCUT2D eigenvalue weighted by atomic mass is 10.2. The van der Waals surface area contributed by atoms with Crippen molar-refractivity contribution in [1.29, 1.82) is 0 Å². The monoisotopic (exact) mass is 239 g/mol. The van der Waals surface area contributed by atoms with Crippen LogP contribution in [0, 0.1) is 12.3 Å². The first-order chi connectivity index (χ1) is 7.45. The first kappa shape index (κ1) is 12.2. The Hall–Kier alpha value is -1.84. The highest BCUT2D eigenvalue weighted by Gasteiger charge is 2.10. The molecule has 0 aromatic heterocycles. The summed E-state index contributed by atoms with van der Waals surface area (Å²) in [4.78, 5) is 11.1. The molecule has 0 radical (unpaired) electrons. The van der Waals surface area contributed by atoms with E-state index in [-0.39, 0.29) is 17.0 Å². The predicted octanol–water partition coefficient (Wildman–Crippen LogP) is 0.296. The number of carbonyl (C=O) groups is 1. The van der Waals surface area contributed by atoms with Crippen LogP contribution in [0.2, 0.25) is 0 Å². The van der Waals surface area contributed by atoms with Crippen LogP contribution in [0.4, 0.5) is 0 Å². The molecule has 0 bridgehead atoms. The van der Waals surface area contributed by atoms with Crippen LogP contribution in [0.5, 0.6) is 0 Å². The second-order valence-corrected chi connectivity index (χ2v) is 4.31. The lowest BCUT2D eigenvalue weighted by Crippen LogP contribution is -2.23. The third kappa shape index (κ3) is 3.08. The van der Waals surface area contributed by atoms with Gasteiger partial charge in [0, 0.05) is 5.56 Å². The first-order valence-corrected chi connectivity index (χ1v) is 5.68. The number of rotatable bonds is 3. The highest BCUT2D eigenvalue weighted by atomic mass is 32.2. The number of amides is 1. The fourth-order valence-corrected chi connectivity index (χ4v) is 1.49. The van der Waals surface area contributed by atoms with Crippen LogP contribution in [-0.2, 0) is 10.1 Å². The van der Waals surface area contributed by atoms with Gasteiger partial charge in [-0.2, -0.15) is 8.42 Å². The van der Waals surface area contributed by atoms with E-state index < -0.39 is 16.0 Å². The summed E-state index contributed by atoms with van der Waals surface area (Å²) >= 11 is 0. The minimum absolute atomic E-state index is 0.0961. The van der Waals surface area contributed by atoms with Gasteiger partial charge in [0.25, 0.3) is 16.0 Å². The molecule has 0 heterocycles. The molecule has 0 fully saturated rings. The van der Waals surface area contributed by atoms with E-state index in [4.69, 9.17) is 11.0 Å². The third-order valence-electron chi connectivity index (χ3n) is 1.77. The normalized spacial score (nSPS) is 10.5. The van der Waals surface area contributed by atoms with Crippen molar-refractivity contribution in [2.75, 3.05) is 6.54 Å². The van der Waals surface area contributed by atoms with Crippen LogP contribution in [0.1, 0.15) is 10.4 Å². The van der Waals surface area contributed by atoms with Gasteiger partial charge in [-0.05, 0) is 24.3 Å². The fourth-order valence-electron chi connectivity index (χ4n) is 1.01. The molecule has 84 valence electrons. The summed E-state index contributed by atoms with van der Waals surface area (Å²) in [5.41, 5.74) is 0.266. The number of hydrogen-bond acceptors (Lipinski definition) is 3. The van der Waals surface area contributed by atoms with Gasteiger partial charge in [0.1, 0.15) is 0 Å². The SMILES string of the molecule is C#CCNC(=O)c1ccc(S(=O)(=O)O)cc1. The smallest absolute Gasteiger partial charge is 0.294 e. The third-order valence-corrected chi connectivity index (χ3v) is 2.63. The molecule has 16 heavy (non-hydrogen) atoms. The van der Waals surface area contributed by atoms with Gasteiger partial charge >= 0.3 is 0 Å². The Bertz CT molecular complexity index is 525. The maximum Gasteiger partial charge on any atom is 0.294 e. The Morgan fingerprint density at radius 3 is 2.38 bits per heavy atom. The summed E-state index contributed by atoms with van der Waals surface area (Å²) in [5, 5.41) is 2.42. The second kappa shape index (κ2) is 4.79. The van der Waals surface area contributed by atoms with E-state index in [1.165, 1.54) is 12.1 Å². The summed E-state index contributed by atoms with van der Waals surface area (Å²) in [7, 11) is -4.23. The zero-order valence-electron chi connectivity index (χ0n) is 8.17. The summed E-state index contributed by atoms with van der Waals surface area (Å²) < 4.78 is 30.1. The molecule has 0 aliphatic heterocycles. The average molecular weight is 239 g/mol. The topological polar surface area (TPSA) is 83.5 Å².